The fourth-order valence-electron chi connectivity index (χ4n) is 2.51. The molecule has 0 bridgehead atoms. The Kier molecular flexibility index (Phi) is 8.19. The van der Waals surface area contributed by atoms with Crippen molar-refractivity contribution in [2.45, 2.75) is 71.3 Å². The SMILES string of the molecule is CCCCCCCC(Cc1c(Cl)c(CC)nn1C)NN. The van der Waals surface area contributed by atoms with Crippen molar-refractivity contribution in [1.29, 1.82) is 0 Å². The molecule has 1 atom stereocenters. The van der Waals surface area contributed by atoms with Crippen LogP contribution in [-0.2, 0) is 19.9 Å². The maximum absolute atomic E-state index is 6.38. The summed E-state index contributed by atoms with van der Waals surface area (Å²) in [6.45, 7) is 4.31. The van der Waals surface area contributed by atoms with Gasteiger partial charge in [-0.3, -0.25) is 16.0 Å². The van der Waals surface area contributed by atoms with Crippen molar-refractivity contribution in [3.8, 4) is 0 Å². The molecule has 0 fully saturated rings. The number of nitrogens with one attached hydrogen (secondary N) is 1. The first-order valence-electron chi connectivity index (χ1n) is 7.80. The summed E-state index contributed by atoms with van der Waals surface area (Å²) in [4.78, 5) is 0. The van der Waals surface area contributed by atoms with Crippen LogP contribution in [0.15, 0.2) is 0 Å². The number of unbranched alkanes of at least 4 members (excludes halogenated alkanes) is 4. The van der Waals surface area contributed by atoms with Gasteiger partial charge in [0, 0.05) is 19.5 Å². The van der Waals surface area contributed by atoms with Crippen LogP contribution in [0.1, 0.15) is 63.8 Å². The smallest absolute Gasteiger partial charge is 0.0850 e. The maximum atomic E-state index is 6.38. The predicted molar refractivity (Wildman–Crippen MR) is 85.8 cm³/mol. The molecule has 0 aliphatic carbocycles. The van der Waals surface area contributed by atoms with Gasteiger partial charge in [-0.2, -0.15) is 5.10 Å². The molecular weight excluding hydrogens is 272 g/mol. The average molecular weight is 301 g/mol. The molecule has 20 heavy (non-hydrogen) atoms. The fourth-order valence-corrected chi connectivity index (χ4v) is 2.88. The molecule has 3 N–H and O–H groups in total. The third-order valence-electron chi connectivity index (χ3n) is 3.83. The summed E-state index contributed by atoms with van der Waals surface area (Å²) in [7, 11) is 1.95. The van der Waals surface area contributed by atoms with Gasteiger partial charge in [0.1, 0.15) is 0 Å². The zero-order valence-electron chi connectivity index (χ0n) is 13.1. The van der Waals surface area contributed by atoms with Gasteiger partial charge in [-0.05, 0) is 12.8 Å². The van der Waals surface area contributed by atoms with E-state index in [-0.39, 0.29) is 6.04 Å². The normalized spacial score (nSPS) is 12.8. The van der Waals surface area contributed by atoms with E-state index in [4.69, 9.17) is 17.4 Å². The summed E-state index contributed by atoms with van der Waals surface area (Å²) in [6, 6.07) is 0.272. The highest BCUT2D eigenvalue weighted by Crippen LogP contribution is 2.23. The van der Waals surface area contributed by atoms with E-state index in [0.29, 0.717) is 0 Å². The van der Waals surface area contributed by atoms with Crippen LogP contribution in [0.3, 0.4) is 0 Å². The Morgan fingerprint density at radius 3 is 2.50 bits per heavy atom. The Morgan fingerprint density at radius 1 is 1.25 bits per heavy atom. The van der Waals surface area contributed by atoms with Gasteiger partial charge in [-0.1, -0.05) is 57.6 Å². The molecule has 0 radical (unpaired) electrons. The zero-order valence-corrected chi connectivity index (χ0v) is 13.8. The highest BCUT2D eigenvalue weighted by atomic mass is 35.5. The molecule has 1 heterocycles. The van der Waals surface area contributed by atoms with Crippen molar-refractivity contribution in [1.82, 2.24) is 15.2 Å². The van der Waals surface area contributed by atoms with Gasteiger partial charge >= 0.3 is 0 Å². The van der Waals surface area contributed by atoms with Crippen molar-refractivity contribution < 1.29 is 0 Å². The quantitative estimate of drug-likeness (QED) is 0.396. The summed E-state index contributed by atoms with van der Waals surface area (Å²) in [5, 5.41) is 5.26. The first kappa shape index (κ1) is 17.5. The van der Waals surface area contributed by atoms with Gasteiger partial charge in [0.05, 0.1) is 16.4 Å². The summed E-state index contributed by atoms with van der Waals surface area (Å²) in [5.74, 6) is 5.68. The standard InChI is InChI=1S/C15H29ClN4/c1-4-6-7-8-9-10-12(18-17)11-14-15(16)13(5-2)19-20(14)3/h12,18H,4-11,17H2,1-3H3. The lowest BCUT2D eigenvalue weighted by Crippen LogP contribution is -2.37. The second-order valence-electron chi connectivity index (χ2n) is 5.46. The third-order valence-corrected chi connectivity index (χ3v) is 4.27. The van der Waals surface area contributed by atoms with E-state index in [1.165, 1.54) is 32.1 Å². The lowest BCUT2D eigenvalue weighted by Gasteiger charge is -2.16. The first-order chi connectivity index (χ1) is 9.63. The fraction of sp³-hybridized carbons (Fsp3) is 0.800. The molecule has 0 aliphatic heterocycles. The van der Waals surface area contributed by atoms with Gasteiger partial charge in [-0.25, -0.2) is 0 Å². The van der Waals surface area contributed by atoms with Crippen LogP contribution in [-0.4, -0.2) is 15.8 Å². The number of nitrogens with two attached hydrogens (primary N) is 1. The van der Waals surface area contributed by atoms with Crippen LogP contribution in [0.2, 0.25) is 5.02 Å². The molecule has 1 aromatic heterocycles. The highest BCUT2D eigenvalue weighted by molar-refractivity contribution is 6.31. The van der Waals surface area contributed by atoms with Crippen molar-refractivity contribution in [3.63, 3.8) is 0 Å². The number of rotatable bonds is 10. The summed E-state index contributed by atoms with van der Waals surface area (Å²) in [5.41, 5.74) is 4.98. The van der Waals surface area contributed by atoms with Gasteiger partial charge in [0.15, 0.2) is 0 Å². The predicted octanol–water partition coefficient (Wildman–Crippen LogP) is 3.37. The molecule has 1 unspecified atom stereocenters. The van der Waals surface area contributed by atoms with Crippen molar-refractivity contribution >= 4 is 11.6 Å². The molecule has 0 aliphatic rings. The molecule has 1 aromatic rings. The Morgan fingerprint density at radius 2 is 1.95 bits per heavy atom. The van der Waals surface area contributed by atoms with Crippen molar-refractivity contribution in [2.24, 2.45) is 12.9 Å². The van der Waals surface area contributed by atoms with E-state index in [2.05, 4.69) is 24.4 Å². The van der Waals surface area contributed by atoms with Gasteiger partial charge in [0.2, 0.25) is 0 Å². The van der Waals surface area contributed by atoms with Crippen molar-refractivity contribution in [2.75, 3.05) is 0 Å². The summed E-state index contributed by atoms with van der Waals surface area (Å²) >= 11 is 6.38. The lowest BCUT2D eigenvalue weighted by atomic mass is 10.0. The summed E-state index contributed by atoms with van der Waals surface area (Å²) < 4.78 is 1.89. The Bertz CT molecular complexity index is 389. The monoisotopic (exact) mass is 300 g/mol. The van der Waals surface area contributed by atoms with Crippen LogP contribution < -0.4 is 11.3 Å². The van der Waals surface area contributed by atoms with Crippen LogP contribution in [0.4, 0.5) is 0 Å². The highest BCUT2D eigenvalue weighted by Gasteiger charge is 2.17. The van der Waals surface area contributed by atoms with Gasteiger partial charge in [0.25, 0.3) is 0 Å². The Hall–Kier alpha value is -0.580. The lowest BCUT2D eigenvalue weighted by molar-refractivity contribution is 0.451. The number of hydrazine groups is 1. The molecule has 5 heteroatoms. The van der Waals surface area contributed by atoms with Crippen LogP contribution in [0.5, 0.6) is 0 Å². The van der Waals surface area contributed by atoms with Crippen LogP contribution in [0, 0.1) is 0 Å². The molecule has 0 saturated carbocycles. The molecule has 0 saturated heterocycles. The average Bonchev–Trinajstić information content (AvgIpc) is 2.72. The molecule has 4 nitrogen and oxygen atoms in total. The van der Waals surface area contributed by atoms with E-state index >= 15 is 0 Å². The van der Waals surface area contributed by atoms with E-state index in [9.17, 15) is 0 Å². The minimum atomic E-state index is 0.272. The molecule has 0 amide bonds. The van der Waals surface area contributed by atoms with E-state index < -0.39 is 0 Å². The first-order valence-corrected chi connectivity index (χ1v) is 8.18. The largest absolute Gasteiger partial charge is 0.271 e. The topological polar surface area (TPSA) is 55.9 Å². The Labute approximate surface area is 128 Å². The van der Waals surface area contributed by atoms with E-state index in [0.717, 1.165) is 35.7 Å². The minimum absolute atomic E-state index is 0.272. The molecule has 116 valence electrons. The van der Waals surface area contributed by atoms with E-state index in [1.807, 2.05) is 11.7 Å². The van der Waals surface area contributed by atoms with Gasteiger partial charge < -0.3 is 0 Å². The Balaban J connectivity index is 2.49. The number of aromatic nitrogens is 2. The van der Waals surface area contributed by atoms with Crippen LogP contribution in [0.25, 0.3) is 0 Å². The second-order valence-corrected chi connectivity index (χ2v) is 5.83. The molecular formula is C15H29ClN4. The molecule has 0 aromatic carbocycles. The molecule has 0 spiro atoms. The zero-order chi connectivity index (χ0) is 15.0. The number of hydrogen-bond acceptors (Lipinski definition) is 3. The van der Waals surface area contributed by atoms with Crippen molar-refractivity contribution in [3.05, 3.63) is 16.4 Å². The number of aryl methyl sites for hydroxylation is 2. The molecule has 1 rings (SSSR count). The third kappa shape index (κ3) is 5.08. The van der Waals surface area contributed by atoms with Crippen LogP contribution >= 0.6 is 11.6 Å². The number of nitrogens with zero attached hydrogens (tertiary/aromatic N) is 2. The van der Waals surface area contributed by atoms with Gasteiger partial charge in [-0.15, -0.1) is 0 Å². The van der Waals surface area contributed by atoms with E-state index in [1.54, 1.807) is 0 Å². The minimum Gasteiger partial charge on any atom is -0.271 e. The number of hydrogen-bond donors (Lipinski definition) is 2. The second kappa shape index (κ2) is 9.37. The number of halogens is 1. The summed E-state index contributed by atoms with van der Waals surface area (Å²) in [6.07, 6.45) is 9.22. The maximum Gasteiger partial charge on any atom is 0.0850 e.